The van der Waals surface area contributed by atoms with Crippen LogP contribution in [-0.2, 0) is 9.53 Å². The minimum Gasteiger partial charge on any atom is -0.368 e. The van der Waals surface area contributed by atoms with Gasteiger partial charge in [-0.3, -0.25) is 4.79 Å². The van der Waals surface area contributed by atoms with Crippen molar-refractivity contribution in [2.24, 2.45) is 11.1 Å². The van der Waals surface area contributed by atoms with Crippen molar-refractivity contribution >= 4 is 5.91 Å². The highest BCUT2D eigenvalue weighted by molar-refractivity contribution is 5.75. The highest BCUT2D eigenvalue weighted by Crippen LogP contribution is 2.43. The molecule has 0 atom stereocenters. The first-order valence-electron chi connectivity index (χ1n) is 6.18. The van der Waals surface area contributed by atoms with Crippen LogP contribution in [0.5, 0.6) is 0 Å². The number of amides is 1. The number of rotatable bonds is 3. The minimum absolute atomic E-state index is 0.0809. The second kappa shape index (κ2) is 4.72. The maximum absolute atomic E-state index is 10.6. The van der Waals surface area contributed by atoms with Gasteiger partial charge >= 0.3 is 0 Å². The lowest BCUT2D eigenvalue weighted by Crippen LogP contribution is -2.34. The summed E-state index contributed by atoms with van der Waals surface area (Å²) in [6.07, 6.45) is 6.22. The molecular weight excluding hydrogens is 204 g/mol. The topological polar surface area (TPSA) is 55.6 Å². The predicted molar refractivity (Wildman–Crippen MR) is 61.9 cm³/mol. The van der Waals surface area contributed by atoms with Gasteiger partial charge in [-0.05, 0) is 51.1 Å². The zero-order valence-electron chi connectivity index (χ0n) is 10.1. The molecule has 2 rings (SSSR count). The van der Waals surface area contributed by atoms with Crippen LogP contribution in [0.25, 0.3) is 0 Å². The summed E-state index contributed by atoms with van der Waals surface area (Å²) in [6.45, 7) is 2.54. The molecule has 92 valence electrons. The highest BCUT2D eigenvalue weighted by Gasteiger charge is 2.39. The van der Waals surface area contributed by atoms with Crippen LogP contribution in [-0.4, -0.2) is 43.7 Å². The van der Waals surface area contributed by atoms with Gasteiger partial charge in [-0.25, -0.2) is 0 Å². The average molecular weight is 226 g/mol. The standard InChI is InChI=1S/C12H22N2O2/c1-14-7-6-12(9-14)4-2-10(3-5-12)16-8-11(13)15/h10H,2-9H2,1H3,(H2,13,15). The molecule has 0 aromatic carbocycles. The summed E-state index contributed by atoms with van der Waals surface area (Å²) >= 11 is 0. The second-order valence-corrected chi connectivity index (χ2v) is 5.46. The van der Waals surface area contributed by atoms with Crippen LogP contribution in [0, 0.1) is 5.41 Å². The maximum atomic E-state index is 10.6. The molecule has 2 fully saturated rings. The molecule has 1 amide bonds. The van der Waals surface area contributed by atoms with E-state index in [4.69, 9.17) is 10.5 Å². The van der Waals surface area contributed by atoms with Crippen molar-refractivity contribution in [1.29, 1.82) is 0 Å². The Labute approximate surface area is 97.1 Å². The number of ether oxygens (including phenoxy) is 1. The average Bonchev–Trinajstić information content (AvgIpc) is 2.59. The van der Waals surface area contributed by atoms with Crippen molar-refractivity contribution in [3.8, 4) is 0 Å². The lowest BCUT2D eigenvalue weighted by Gasteiger charge is -2.36. The van der Waals surface area contributed by atoms with Crippen molar-refractivity contribution in [3.05, 3.63) is 0 Å². The molecule has 0 aromatic rings. The number of nitrogens with zero attached hydrogens (tertiary/aromatic N) is 1. The van der Waals surface area contributed by atoms with E-state index in [0.717, 1.165) is 12.8 Å². The third-order valence-corrected chi connectivity index (χ3v) is 4.08. The van der Waals surface area contributed by atoms with E-state index in [2.05, 4.69) is 11.9 Å². The van der Waals surface area contributed by atoms with Gasteiger partial charge in [-0.1, -0.05) is 0 Å². The van der Waals surface area contributed by atoms with Gasteiger partial charge in [0.25, 0.3) is 0 Å². The van der Waals surface area contributed by atoms with Gasteiger partial charge in [0.1, 0.15) is 6.61 Å². The van der Waals surface area contributed by atoms with E-state index < -0.39 is 0 Å². The number of likely N-dealkylation sites (tertiary alicyclic amines) is 1. The lowest BCUT2D eigenvalue weighted by molar-refractivity contribution is -0.125. The van der Waals surface area contributed by atoms with Crippen molar-refractivity contribution in [2.75, 3.05) is 26.7 Å². The van der Waals surface area contributed by atoms with Crippen LogP contribution in [0.3, 0.4) is 0 Å². The number of carbonyl (C=O) groups excluding carboxylic acids is 1. The molecule has 2 aliphatic rings. The molecule has 2 N–H and O–H groups in total. The van der Waals surface area contributed by atoms with Crippen molar-refractivity contribution in [1.82, 2.24) is 4.90 Å². The maximum Gasteiger partial charge on any atom is 0.243 e. The molecule has 4 heteroatoms. The first-order chi connectivity index (χ1) is 7.60. The van der Waals surface area contributed by atoms with Gasteiger partial charge in [-0.15, -0.1) is 0 Å². The van der Waals surface area contributed by atoms with Gasteiger partial charge in [0.2, 0.25) is 5.91 Å². The smallest absolute Gasteiger partial charge is 0.243 e. The van der Waals surface area contributed by atoms with E-state index in [1.54, 1.807) is 0 Å². The lowest BCUT2D eigenvalue weighted by atomic mass is 9.72. The van der Waals surface area contributed by atoms with Crippen molar-refractivity contribution in [3.63, 3.8) is 0 Å². The third-order valence-electron chi connectivity index (χ3n) is 4.08. The number of primary amides is 1. The zero-order chi connectivity index (χ0) is 11.6. The molecular formula is C12H22N2O2. The molecule has 0 radical (unpaired) electrons. The Bertz CT molecular complexity index is 260. The summed E-state index contributed by atoms with van der Waals surface area (Å²) in [5.74, 6) is -0.360. The van der Waals surface area contributed by atoms with E-state index >= 15 is 0 Å². The zero-order valence-corrected chi connectivity index (χ0v) is 10.1. The number of hydrogen-bond acceptors (Lipinski definition) is 3. The molecule has 1 saturated carbocycles. The van der Waals surface area contributed by atoms with Crippen LogP contribution in [0.4, 0.5) is 0 Å². The van der Waals surface area contributed by atoms with Crippen molar-refractivity contribution in [2.45, 2.75) is 38.2 Å². The largest absolute Gasteiger partial charge is 0.368 e. The fourth-order valence-electron chi connectivity index (χ4n) is 3.14. The molecule has 16 heavy (non-hydrogen) atoms. The number of carbonyl (C=O) groups is 1. The van der Waals surface area contributed by atoms with E-state index in [9.17, 15) is 4.79 Å². The number of hydrogen-bond donors (Lipinski definition) is 1. The number of nitrogens with two attached hydrogens (primary N) is 1. The second-order valence-electron chi connectivity index (χ2n) is 5.46. The fourth-order valence-corrected chi connectivity index (χ4v) is 3.14. The first kappa shape index (κ1) is 11.9. The van der Waals surface area contributed by atoms with Crippen LogP contribution < -0.4 is 5.73 Å². The minimum atomic E-state index is -0.360. The molecule has 1 aliphatic heterocycles. The molecule has 1 saturated heterocycles. The Hall–Kier alpha value is -0.610. The van der Waals surface area contributed by atoms with Crippen LogP contribution in [0.2, 0.25) is 0 Å². The van der Waals surface area contributed by atoms with Gasteiger partial charge in [-0.2, -0.15) is 0 Å². The Kier molecular flexibility index (Phi) is 3.50. The van der Waals surface area contributed by atoms with E-state index in [1.807, 2.05) is 0 Å². The van der Waals surface area contributed by atoms with Gasteiger partial charge in [0.15, 0.2) is 0 Å². The Morgan fingerprint density at radius 1 is 1.44 bits per heavy atom. The summed E-state index contributed by atoms with van der Waals surface area (Å²) in [5, 5.41) is 0. The molecule has 1 spiro atoms. The first-order valence-corrected chi connectivity index (χ1v) is 6.18. The van der Waals surface area contributed by atoms with Gasteiger partial charge in [0.05, 0.1) is 6.10 Å². The summed E-state index contributed by atoms with van der Waals surface area (Å²) < 4.78 is 5.49. The molecule has 0 aromatic heterocycles. The van der Waals surface area contributed by atoms with Gasteiger partial charge < -0.3 is 15.4 Å². The quantitative estimate of drug-likeness (QED) is 0.772. The third kappa shape index (κ3) is 2.74. The van der Waals surface area contributed by atoms with Crippen LogP contribution in [0.15, 0.2) is 0 Å². The summed E-state index contributed by atoms with van der Waals surface area (Å²) in [5.41, 5.74) is 5.62. The van der Waals surface area contributed by atoms with Crippen LogP contribution >= 0.6 is 0 Å². The monoisotopic (exact) mass is 226 g/mol. The Morgan fingerprint density at radius 2 is 2.12 bits per heavy atom. The van der Waals surface area contributed by atoms with E-state index in [0.29, 0.717) is 5.41 Å². The Morgan fingerprint density at radius 3 is 2.62 bits per heavy atom. The SMILES string of the molecule is CN1CCC2(CCC(OCC(N)=O)CC2)C1. The molecule has 1 heterocycles. The highest BCUT2D eigenvalue weighted by atomic mass is 16.5. The predicted octanol–water partition coefficient (Wildman–Crippen LogP) is 0.753. The molecule has 0 unspecified atom stereocenters. The summed E-state index contributed by atoms with van der Waals surface area (Å²) in [7, 11) is 2.20. The van der Waals surface area contributed by atoms with Crippen molar-refractivity contribution < 1.29 is 9.53 Å². The fraction of sp³-hybridized carbons (Fsp3) is 0.917. The molecule has 0 bridgehead atoms. The molecule has 4 nitrogen and oxygen atoms in total. The van der Waals surface area contributed by atoms with E-state index in [-0.39, 0.29) is 18.6 Å². The van der Waals surface area contributed by atoms with Crippen LogP contribution in [0.1, 0.15) is 32.1 Å². The summed E-state index contributed by atoms with van der Waals surface area (Å²) in [4.78, 5) is 13.0. The van der Waals surface area contributed by atoms with Gasteiger partial charge in [0, 0.05) is 6.54 Å². The Balaban J connectivity index is 1.76. The molecule has 1 aliphatic carbocycles. The normalized spacial score (nSPS) is 35.7. The summed E-state index contributed by atoms with van der Waals surface area (Å²) in [6, 6.07) is 0. The van der Waals surface area contributed by atoms with E-state index in [1.165, 1.54) is 32.4 Å².